The summed E-state index contributed by atoms with van der Waals surface area (Å²) in [4.78, 5) is 12.3. The van der Waals surface area contributed by atoms with Gasteiger partial charge in [0.15, 0.2) is 5.11 Å². The summed E-state index contributed by atoms with van der Waals surface area (Å²) >= 11 is 5.15. The molecule has 30 heavy (non-hydrogen) atoms. The van der Waals surface area contributed by atoms with E-state index in [-0.39, 0.29) is 16.1 Å². The molecule has 0 aliphatic carbocycles. The average molecular weight is 450 g/mol. The van der Waals surface area contributed by atoms with Gasteiger partial charge in [-0.25, -0.2) is 0 Å². The van der Waals surface area contributed by atoms with Gasteiger partial charge in [-0.3, -0.25) is 10.1 Å². The summed E-state index contributed by atoms with van der Waals surface area (Å²) in [6.07, 6.45) is 0.876. The molecule has 0 saturated carbocycles. The zero-order chi connectivity index (χ0) is 22.3. The Morgan fingerprint density at radius 2 is 1.87 bits per heavy atom. The van der Waals surface area contributed by atoms with Crippen LogP contribution in [-0.4, -0.2) is 31.5 Å². The molecule has 6 N–H and O–H groups in total. The van der Waals surface area contributed by atoms with Crippen molar-refractivity contribution in [3.05, 3.63) is 54.1 Å². The lowest BCUT2D eigenvalue weighted by molar-refractivity contribution is 0.0977. The number of nitrogens with two attached hydrogens (primary N) is 2. The number of nitrogens with one attached hydrogen (secondary N) is 2. The summed E-state index contributed by atoms with van der Waals surface area (Å²) < 4.78 is 32.8. The number of carbonyl (C=O) groups is 1. The number of guanidine groups is 1. The Morgan fingerprint density at radius 3 is 2.47 bits per heavy atom. The summed E-state index contributed by atoms with van der Waals surface area (Å²) in [6.45, 7) is 3.95. The van der Waals surface area contributed by atoms with Gasteiger partial charge in [-0.1, -0.05) is 13.0 Å². The van der Waals surface area contributed by atoms with Crippen LogP contribution >= 0.6 is 12.2 Å². The molecule has 0 spiro atoms. The van der Waals surface area contributed by atoms with Crippen LogP contribution in [0.5, 0.6) is 5.75 Å². The lowest BCUT2D eigenvalue weighted by atomic mass is 10.2. The van der Waals surface area contributed by atoms with Crippen molar-refractivity contribution in [3.63, 3.8) is 0 Å². The Kier molecular flexibility index (Phi) is 7.72. The van der Waals surface area contributed by atoms with Crippen molar-refractivity contribution in [2.75, 3.05) is 5.32 Å². The number of benzene rings is 2. The zero-order valence-corrected chi connectivity index (χ0v) is 18.1. The number of sulfonamides is 1. The number of ether oxygens (including phenoxy) is 1. The number of hydrogen-bond acceptors (Lipinski definition) is 5. The van der Waals surface area contributed by atoms with Gasteiger partial charge in [-0.2, -0.15) is 8.42 Å². The van der Waals surface area contributed by atoms with Crippen LogP contribution in [-0.2, 0) is 10.0 Å². The molecule has 0 aromatic heterocycles. The quantitative estimate of drug-likeness (QED) is 0.285. The third-order valence-electron chi connectivity index (χ3n) is 3.87. The first-order chi connectivity index (χ1) is 14.1. The first-order valence-electron chi connectivity index (χ1n) is 8.95. The fourth-order valence-electron chi connectivity index (χ4n) is 2.27. The highest BCUT2D eigenvalue weighted by molar-refractivity contribution is 7.90. The molecule has 0 radical (unpaired) electrons. The molecule has 2 aromatic carbocycles. The maximum atomic E-state index is 12.4. The standard InChI is InChI=1S/C19H23N5O4S2/c1-3-12(2)28-15-6-4-5-13(11-15)17(25)23-19(29)22-14-7-9-16(10-8-14)30(26,27)24-18(20)21/h4-12H,3H2,1-2H3,(H4,20,21,24)(H2,22,23,25,29). The largest absolute Gasteiger partial charge is 0.491 e. The molecular weight excluding hydrogens is 426 g/mol. The summed E-state index contributed by atoms with van der Waals surface area (Å²) in [5, 5.41) is 5.42. The van der Waals surface area contributed by atoms with E-state index < -0.39 is 21.9 Å². The van der Waals surface area contributed by atoms with Gasteiger partial charge >= 0.3 is 0 Å². The number of carbonyl (C=O) groups excluding carboxylic acids is 1. The molecule has 160 valence electrons. The van der Waals surface area contributed by atoms with Crippen molar-refractivity contribution < 1.29 is 17.9 Å². The Morgan fingerprint density at radius 1 is 1.20 bits per heavy atom. The van der Waals surface area contributed by atoms with E-state index in [1.165, 1.54) is 24.3 Å². The van der Waals surface area contributed by atoms with Gasteiger partial charge < -0.3 is 21.5 Å². The van der Waals surface area contributed by atoms with Crippen molar-refractivity contribution in [3.8, 4) is 5.75 Å². The summed E-state index contributed by atoms with van der Waals surface area (Å²) in [6, 6.07) is 12.3. The highest BCUT2D eigenvalue weighted by Crippen LogP contribution is 2.17. The fraction of sp³-hybridized carbons (Fsp3) is 0.211. The Bertz CT molecular complexity index is 1050. The summed E-state index contributed by atoms with van der Waals surface area (Å²) in [5.74, 6) is -0.373. The molecule has 0 heterocycles. The van der Waals surface area contributed by atoms with Crippen molar-refractivity contribution in [2.24, 2.45) is 15.9 Å². The molecule has 0 bridgehead atoms. The molecule has 0 saturated heterocycles. The highest BCUT2D eigenvalue weighted by atomic mass is 32.2. The SMILES string of the molecule is CCC(C)Oc1cccc(C(=O)NC(=S)Nc2ccc(S(=O)(=O)N=C(N)N)cc2)c1. The predicted molar refractivity (Wildman–Crippen MR) is 120 cm³/mol. The second kappa shape index (κ2) is 10.0. The first kappa shape index (κ1) is 23.1. The minimum Gasteiger partial charge on any atom is -0.491 e. The second-order valence-corrected chi connectivity index (χ2v) is 8.30. The van der Waals surface area contributed by atoms with E-state index in [9.17, 15) is 13.2 Å². The normalized spacial score (nSPS) is 11.8. The molecule has 0 aliphatic heterocycles. The number of rotatable bonds is 7. The lowest BCUT2D eigenvalue weighted by Crippen LogP contribution is -2.34. The average Bonchev–Trinajstić information content (AvgIpc) is 2.67. The molecule has 11 heteroatoms. The van der Waals surface area contributed by atoms with E-state index in [4.69, 9.17) is 28.4 Å². The van der Waals surface area contributed by atoms with Crippen molar-refractivity contribution in [1.82, 2.24) is 5.32 Å². The minimum atomic E-state index is -3.98. The smallest absolute Gasteiger partial charge is 0.285 e. The molecular formula is C19H23N5O4S2. The van der Waals surface area contributed by atoms with Gasteiger partial charge in [0.05, 0.1) is 11.0 Å². The van der Waals surface area contributed by atoms with Crippen LogP contribution in [0.2, 0.25) is 0 Å². The molecule has 9 nitrogen and oxygen atoms in total. The van der Waals surface area contributed by atoms with E-state index in [0.29, 0.717) is 17.0 Å². The topological polar surface area (TPSA) is 149 Å². The first-order valence-corrected chi connectivity index (χ1v) is 10.8. The van der Waals surface area contributed by atoms with Crippen LogP contribution < -0.4 is 26.8 Å². The maximum Gasteiger partial charge on any atom is 0.285 e. The van der Waals surface area contributed by atoms with Crippen LogP contribution in [0, 0.1) is 0 Å². The van der Waals surface area contributed by atoms with E-state index >= 15 is 0 Å². The number of nitrogens with zero attached hydrogens (tertiary/aromatic N) is 1. The van der Waals surface area contributed by atoms with Gasteiger partial charge in [0.1, 0.15) is 5.75 Å². The zero-order valence-electron chi connectivity index (χ0n) is 16.5. The van der Waals surface area contributed by atoms with Crippen LogP contribution in [0.1, 0.15) is 30.6 Å². The number of anilines is 1. The minimum absolute atomic E-state index is 0.0322. The Labute approximate surface area is 180 Å². The summed E-state index contributed by atoms with van der Waals surface area (Å²) in [5.41, 5.74) is 11.1. The number of amides is 1. The molecule has 0 fully saturated rings. The van der Waals surface area contributed by atoms with Crippen LogP contribution in [0.4, 0.5) is 5.69 Å². The molecule has 1 atom stereocenters. The molecule has 1 unspecified atom stereocenters. The van der Waals surface area contributed by atoms with Crippen LogP contribution in [0.25, 0.3) is 0 Å². The van der Waals surface area contributed by atoms with Crippen LogP contribution in [0.3, 0.4) is 0 Å². The second-order valence-electron chi connectivity index (χ2n) is 6.29. The highest BCUT2D eigenvalue weighted by Gasteiger charge is 2.14. The van der Waals surface area contributed by atoms with E-state index in [1.807, 2.05) is 13.8 Å². The summed E-state index contributed by atoms with van der Waals surface area (Å²) in [7, 11) is -3.98. The molecule has 2 aromatic rings. The fourth-order valence-corrected chi connectivity index (χ4v) is 3.34. The molecule has 1 amide bonds. The third kappa shape index (κ3) is 6.71. The Hall–Kier alpha value is -3.18. The van der Waals surface area contributed by atoms with Gasteiger partial charge in [-0.15, -0.1) is 4.40 Å². The number of thiocarbonyl (C=S) groups is 1. The van der Waals surface area contributed by atoms with Crippen molar-refractivity contribution in [2.45, 2.75) is 31.3 Å². The van der Waals surface area contributed by atoms with Gasteiger partial charge in [-0.05, 0) is 68.0 Å². The molecule has 0 aliphatic rings. The van der Waals surface area contributed by atoms with Gasteiger partial charge in [0.2, 0.25) is 5.96 Å². The van der Waals surface area contributed by atoms with E-state index in [2.05, 4.69) is 15.0 Å². The predicted octanol–water partition coefficient (Wildman–Crippen LogP) is 1.95. The third-order valence-corrected chi connectivity index (χ3v) is 5.39. The maximum absolute atomic E-state index is 12.4. The van der Waals surface area contributed by atoms with Gasteiger partial charge in [0, 0.05) is 11.3 Å². The number of hydrogen-bond donors (Lipinski definition) is 4. The van der Waals surface area contributed by atoms with Gasteiger partial charge in [0.25, 0.3) is 15.9 Å². The van der Waals surface area contributed by atoms with Crippen molar-refractivity contribution >= 4 is 44.9 Å². The van der Waals surface area contributed by atoms with Crippen LogP contribution in [0.15, 0.2) is 57.8 Å². The molecule has 2 rings (SSSR count). The Balaban J connectivity index is 2.01. The van der Waals surface area contributed by atoms with Crippen molar-refractivity contribution in [1.29, 1.82) is 0 Å². The lowest BCUT2D eigenvalue weighted by Gasteiger charge is -2.14. The monoisotopic (exact) mass is 449 g/mol. The van der Waals surface area contributed by atoms with E-state index in [1.54, 1.807) is 24.3 Å². The van der Waals surface area contributed by atoms with E-state index in [0.717, 1.165) is 6.42 Å².